The Hall–Kier alpha value is -1.16. The van der Waals surface area contributed by atoms with Crippen LogP contribution in [0, 0.1) is 5.92 Å². The first-order valence-electron chi connectivity index (χ1n) is 8.90. The lowest BCUT2D eigenvalue weighted by Crippen LogP contribution is -2.57. The van der Waals surface area contributed by atoms with Gasteiger partial charge in [0.25, 0.3) is 10.0 Å². The van der Waals surface area contributed by atoms with Gasteiger partial charge in [0.05, 0.1) is 12.9 Å². The van der Waals surface area contributed by atoms with Crippen molar-refractivity contribution < 1.29 is 13.2 Å². The number of sulfonamides is 1. The van der Waals surface area contributed by atoms with E-state index in [1.54, 1.807) is 12.5 Å². The number of imidazole rings is 1. The first-order chi connectivity index (χ1) is 11.9. The van der Waals surface area contributed by atoms with E-state index < -0.39 is 10.0 Å². The summed E-state index contributed by atoms with van der Waals surface area (Å²) in [7, 11) is -3.62. The van der Waals surface area contributed by atoms with Crippen LogP contribution in [0.2, 0.25) is 0 Å². The molecule has 1 unspecified atom stereocenters. The number of carbonyl (C=O) groups is 1. The van der Waals surface area contributed by atoms with Gasteiger partial charge < -0.3 is 14.8 Å². The van der Waals surface area contributed by atoms with Gasteiger partial charge in [-0.05, 0) is 18.8 Å². The number of piperidine rings is 1. The molecule has 2 fully saturated rings. The number of halogens is 1. The fraction of sp³-hybridized carbons (Fsp3) is 0.750. The van der Waals surface area contributed by atoms with E-state index >= 15 is 0 Å². The van der Waals surface area contributed by atoms with Crippen LogP contribution < -0.4 is 5.32 Å². The smallest absolute Gasteiger partial charge is 0.262 e. The summed E-state index contributed by atoms with van der Waals surface area (Å²) in [5.41, 5.74) is 0. The third-order valence-electron chi connectivity index (χ3n) is 4.72. The second-order valence-electron chi connectivity index (χ2n) is 7.23. The highest BCUT2D eigenvalue weighted by Crippen LogP contribution is 2.23. The molecule has 1 aromatic heterocycles. The lowest BCUT2D eigenvalue weighted by atomic mass is 10.1. The maximum atomic E-state index is 12.9. The highest BCUT2D eigenvalue weighted by atomic mass is 35.5. The third kappa shape index (κ3) is 4.57. The quantitative estimate of drug-likeness (QED) is 0.772. The molecule has 1 atom stereocenters. The first kappa shape index (κ1) is 21.1. The van der Waals surface area contributed by atoms with Crippen LogP contribution in [0.15, 0.2) is 17.6 Å². The Morgan fingerprint density at radius 3 is 2.81 bits per heavy atom. The van der Waals surface area contributed by atoms with Crippen molar-refractivity contribution in [3.63, 3.8) is 0 Å². The van der Waals surface area contributed by atoms with Gasteiger partial charge in [-0.3, -0.25) is 4.79 Å². The predicted molar refractivity (Wildman–Crippen MR) is 101 cm³/mol. The van der Waals surface area contributed by atoms with Crippen LogP contribution in [0.25, 0.3) is 0 Å². The molecule has 1 N–H and O–H groups in total. The Bertz CT molecular complexity index is 721. The molecule has 0 aromatic carbocycles. The van der Waals surface area contributed by atoms with Crippen LogP contribution in [0.5, 0.6) is 0 Å². The van der Waals surface area contributed by atoms with E-state index in [0.717, 1.165) is 25.9 Å². The second kappa shape index (κ2) is 8.69. The minimum atomic E-state index is -3.62. The Kier molecular flexibility index (Phi) is 7.06. The SMILES string of the molecule is CC(C)Cn1cnc(S(=O)(=O)N2CCCC(N3CCNCC3=O)C2)c1.Cl. The molecule has 8 nitrogen and oxygen atoms in total. The number of amides is 1. The number of aromatic nitrogens is 2. The molecule has 3 rings (SSSR count). The molecule has 0 saturated carbocycles. The van der Waals surface area contributed by atoms with Gasteiger partial charge in [0, 0.05) is 45.0 Å². The summed E-state index contributed by atoms with van der Waals surface area (Å²) in [6.45, 7) is 7.46. The van der Waals surface area contributed by atoms with Gasteiger partial charge in [0.15, 0.2) is 5.03 Å². The number of nitrogens with zero attached hydrogens (tertiary/aromatic N) is 4. The normalized spacial score (nSPS) is 22.5. The van der Waals surface area contributed by atoms with Gasteiger partial charge >= 0.3 is 0 Å². The molecule has 0 bridgehead atoms. The molecular formula is C16H28ClN5O3S. The highest BCUT2D eigenvalue weighted by molar-refractivity contribution is 7.89. The van der Waals surface area contributed by atoms with Crippen molar-refractivity contribution in [1.29, 1.82) is 0 Å². The topological polar surface area (TPSA) is 87.5 Å². The molecule has 0 radical (unpaired) electrons. The summed E-state index contributed by atoms with van der Waals surface area (Å²) < 4.78 is 29.2. The molecule has 2 saturated heterocycles. The van der Waals surface area contributed by atoms with Crippen molar-refractivity contribution >= 4 is 28.3 Å². The van der Waals surface area contributed by atoms with Crippen molar-refractivity contribution in [2.24, 2.45) is 5.92 Å². The van der Waals surface area contributed by atoms with E-state index in [1.807, 2.05) is 9.47 Å². The maximum Gasteiger partial charge on any atom is 0.262 e. The van der Waals surface area contributed by atoms with Crippen LogP contribution in [0.1, 0.15) is 26.7 Å². The summed E-state index contributed by atoms with van der Waals surface area (Å²) in [6, 6.07) is -0.0455. The summed E-state index contributed by atoms with van der Waals surface area (Å²) in [5.74, 6) is 0.472. The monoisotopic (exact) mass is 405 g/mol. The van der Waals surface area contributed by atoms with E-state index in [2.05, 4.69) is 24.1 Å². The second-order valence-corrected chi connectivity index (χ2v) is 9.11. The Balaban J connectivity index is 0.00000243. The number of rotatable bonds is 5. The zero-order chi connectivity index (χ0) is 18.0. The van der Waals surface area contributed by atoms with Gasteiger partial charge in [-0.1, -0.05) is 13.8 Å². The highest BCUT2D eigenvalue weighted by Gasteiger charge is 2.36. The van der Waals surface area contributed by atoms with Crippen molar-refractivity contribution in [2.75, 3.05) is 32.7 Å². The molecule has 0 aliphatic carbocycles. The first-order valence-corrected chi connectivity index (χ1v) is 10.3. The van der Waals surface area contributed by atoms with E-state index in [1.165, 1.54) is 4.31 Å². The summed E-state index contributed by atoms with van der Waals surface area (Å²) >= 11 is 0. The summed E-state index contributed by atoms with van der Waals surface area (Å²) in [4.78, 5) is 18.0. The molecule has 2 aliphatic rings. The average molecular weight is 406 g/mol. The molecule has 1 aromatic rings. The minimum absolute atomic E-state index is 0. The minimum Gasteiger partial charge on any atom is -0.336 e. The number of carbonyl (C=O) groups excluding carboxylic acids is 1. The zero-order valence-corrected chi connectivity index (χ0v) is 16.9. The van der Waals surface area contributed by atoms with Crippen molar-refractivity contribution in [3.8, 4) is 0 Å². The Labute approximate surface area is 161 Å². The molecule has 0 spiro atoms. The zero-order valence-electron chi connectivity index (χ0n) is 15.3. The number of hydrogen-bond donors (Lipinski definition) is 1. The van der Waals surface area contributed by atoms with Gasteiger partial charge in [-0.2, -0.15) is 4.31 Å². The molecule has 1 amide bonds. The molecule has 148 valence electrons. The maximum absolute atomic E-state index is 12.9. The predicted octanol–water partition coefficient (Wildman–Crippen LogP) is 0.546. The van der Waals surface area contributed by atoms with Crippen molar-refractivity contribution in [2.45, 2.75) is 44.3 Å². The molecule has 3 heterocycles. The lowest BCUT2D eigenvalue weighted by molar-refractivity contribution is -0.135. The van der Waals surface area contributed by atoms with Gasteiger partial charge in [-0.15, -0.1) is 12.4 Å². The Morgan fingerprint density at radius 2 is 2.12 bits per heavy atom. The van der Waals surface area contributed by atoms with E-state index in [-0.39, 0.29) is 29.4 Å². The molecule has 26 heavy (non-hydrogen) atoms. The fourth-order valence-electron chi connectivity index (χ4n) is 3.53. The van der Waals surface area contributed by atoms with Crippen LogP contribution in [0.4, 0.5) is 0 Å². The van der Waals surface area contributed by atoms with Crippen molar-refractivity contribution in [3.05, 3.63) is 12.5 Å². The summed E-state index contributed by atoms with van der Waals surface area (Å²) in [6.07, 6.45) is 4.79. The van der Waals surface area contributed by atoms with E-state index in [4.69, 9.17) is 0 Å². The third-order valence-corrected chi connectivity index (χ3v) is 6.47. The van der Waals surface area contributed by atoms with Gasteiger partial charge in [0.2, 0.25) is 5.91 Å². The van der Waals surface area contributed by atoms with Crippen LogP contribution >= 0.6 is 12.4 Å². The average Bonchev–Trinajstić information content (AvgIpc) is 3.04. The Morgan fingerprint density at radius 1 is 1.35 bits per heavy atom. The van der Waals surface area contributed by atoms with Crippen LogP contribution in [-0.4, -0.2) is 71.8 Å². The standard InChI is InChI=1S/C16H27N5O3S.ClH/c1-13(2)9-19-11-15(18-12-19)25(23,24)20-6-3-4-14(10-20)21-7-5-17-8-16(21)22;/h11-14,17H,3-10H2,1-2H3;1H. The van der Waals surface area contributed by atoms with Gasteiger partial charge in [0.1, 0.15) is 0 Å². The molecule has 10 heteroatoms. The fourth-order valence-corrected chi connectivity index (χ4v) is 4.98. The van der Waals surface area contributed by atoms with Gasteiger partial charge in [-0.25, -0.2) is 13.4 Å². The largest absolute Gasteiger partial charge is 0.336 e. The molecule has 2 aliphatic heterocycles. The number of piperazine rings is 1. The van der Waals surface area contributed by atoms with E-state index in [9.17, 15) is 13.2 Å². The molecular weight excluding hydrogens is 378 g/mol. The summed E-state index contributed by atoms with van der Waals surface area (Å²) in [5, 5.41) is 3.15. The van der Waals surface area contributed by atoms with E-state index in [0.29, 0.717) is 32.1 Å². The number of hydrogen-bond acceptors (Lipinski definition) is 5. The van der Waals surface area contributed by atoms with Crippen LogP contribution in [0.3, 0.4) is 0 Å². The number of nitrogens with one attached hydrogen (secondary N) is 1. The van der Waals surface area contributed by atoms with Crippen LogP contribution in [-0.2, 0) is 21.4 Å². The van der Waals surface area contributed by atoms with Crippen molar-refractivity contribution in [1.82, 2.24) is 24.1 Å². The lowest BCUT2D eigenvalue weighted by Gasteiger charge is -2.40.